The SMILES string of the molecule is CC(=O)[C@H]1C(O)(CC(=O)O)C[C@H]2[C@@H]3CCC4=CC(=O)CC[C@]4(C)[C@H]3CC[C@@]21C. The van der Waals surface area contributed by atoms with E-state index in [-0.39, 0.29) is 34.7 Å². The summed E-state index contributed by atoms with van der Waals surface area (Å²) in [5, 5.41) is 20.7. The summed E-state index contributed by atoms with van der Waals surface area (Å²) >= 11 is 0. The first-order valence-corrected chi connectivity index (χ1v) is 10.7. The second kappa shape index (κ2) is 6.25. The number of carboxylic acid groups (broad SMARTS) is 1. The lowest BCUT2D eigenvalue weighted by Crippen LogP contribution is -2.51. The van der Waals surface area contributed by atoms with Crippen molar-refractivity contribution in [1.29, 1.82) is 0 Å². The van der Waals surface area contributed by atoms with Gasteiger partial charge in [-0.2, -0.15) is 0 Å². The van der Waals surface area contributed by atoms with Gasteiger partial charge in [0.15, 0.2) is 5.78 Å². The standard InChI is InChI=1S/C23H32O5/c1-13(24)20-22(3)9-7-17-16(18(22)11-23(20,28)12-19(26)27)5-4-14-10-15(25)6-8-21(14,17)2/h10,16-18,20,28H,4-9,11-12H2,1-3H3,(H,26,27)/t16-,17+,18+,20-,21+,22+,23?/m1/s1. The van der Waals surface area contributed by atoms with E-state index in [1.54, 1.807) is 0 Å². The van der Waals surface area contributed by atoms with Gasteiger partial charge in [-0.25, -0.2) is 0 Å². The summed E-state index contributed by atoms with van der Waals surface area (Å²) in [5.41, 5.74) is -0.488. The van der Waals surface area contributed by atoms with Crippen LogP contribution in [-0.4, -0.2) is 33.3 Å². The topological polar surface area (TPSA) is 91.7 Å². The van der Waals surface area contributed by atoms with Crippen molar-refractivity contribution in [2.45, 2.75) is 77.7 Å². The van der Waals surface area contributed by atoms with Gasteiger partial charge >= 0.3 is 5.97 Å². The molecule has 4 aliphatic rings. The van der Waals surface area contributed by atoms with Crippen molar-refractivity contribution in [3.63, 3.8) is 0 Å². The zero-order valence-electron chi connectivity index (χ0n) is 17.2. The Morgan fingerprint density at radius 3 is 2.50 bits per heavy atom. The smallest absolute Gasteiger partial charge is 0.306 e. The molecular weight excluding hydrogens is 356 g/mol. The highest BCUT2D eigenvalue weighted by atomic mass is 16.4. The van der Waals surface area contributed by atoms with Crippen molar-refractivity contribution >= 4 is 17.5 Å². The minimum Gasteiger partial charge on any atom is -0.481 e. The third-order valence-corrected chi connectivity index (χ3v) is 9.03. The number of aliphatic carboxylic acids is 1. The van der Waals surface area contributed by atoms with Crippen LogP contribution in [0.4, 0.5) is 0 Å². The Balaban J connectivity index is 1.72. The molecule has 0 spiro atoms. The van der Waals surface area contributed by atoms with E-state index in [2.05, 4.69) is 13.8 Å². The predicted octanol–water partition coefficient (Wildman–Crippen LogP) is 3.54. The number of carbonyl (C=O) groups is 3. The third-order valence-electron chi connectivity index (χ3n) is 9.03. The first kappa shape index (κ1) is 19.8. The molecule has 0 aromatic rings. The van der Waals surface area contributed by atoms with Gasteiger partial charge in [0.25, 0.3) is 0 Å². The van der Waals surface area contributed by atoms with Crippen molar-refractivity contribution in [2.24, 2.45) is 34.5 Å². The molecule has 0 aliphatic heterocycles. The maximum Gasteiger partial charge on any atom is 0.306 e. The van der Waals surface area contributed by atoms with Crippen LogP contribution in [0.2, 0.25) is 0 Å². The molecule has 2 N–H and O–H groups in total. The first-order valence-electron chi connectivity index (χ1n) is 10.7. The second-order valence-electron chi connectivity index (χ2n) is 10.4. The second-order valence-corrected chi connectivity index (χ2v) is 10.4. The fourth-order valence-corrected chi connectivity index (χ4v) is 8.04. The lowest BCUT2D eigenvalue weighted by atomic mass is 9.46. The van der Waals surface area contributed by atoms with Gasteiger partial charge in [-0.05, 0) is 80.1 Å². The largest absolute Gasteiger partial charge is 0.481 e. The predicted molar refractivity (Wildman–Crippen MR) is 103 cm³/mol. The Morgan fingerprint density at radius 2 is 1.86 bits per heavy atom. The molecule has 3 saturated carbocycles. The lowest BCUT2D eigenvalue weighted by molar-refractivity contribution is -0.149. The van der Waals surface area contributed by atoms with Gasteiger partial charge in [0, 0.05) is 6.42 Å². The Labute approximate surface area is 166 Å². The van der Waals surface area contributed by atoms with Crippen LogP contribution in [-0.2, 0) is 14.4 Å². The highest BCUT2D eigenvalue weighted by Gasteiger charge is 2.67. The van der Waals surface area contributed by atoms with E-state index in [0.29, 0.717) is 24.7 Å². The van der Waals surface area contributed by atoms with E-state index in [0.717, 1.165) is 32.1 Å². The average molecular weight is 389 g/mol. The summed E-state index contributed by atoms with van der Waals surface area (Å²) < 4.78 is 0. The number of carbonyl (C=O) groups excluding carboxylic acids is 2. The molecule has 0 radical (unpaired) electrons. The minimum absolute atomic E-state index is 0.0252. The average Bonchev–Trinajstić information content (AvgIpc) is 2.81. The molecule has 0 bridgehead atoms. The fourth-order valence-electron chi connectivity index (χ4n) is 8.04. The number of hydrogen-bond acceptors (Lipinski definition) is 4. The van der Waals surface area contributed by atoms with E-state index in [9.17, 15) is 24.6 Å². The summed E-state index contributed by atoms with van der Waals surface area (Å²) in [6.07, 6.45) is 7.08. The van der Waals surface area contributed by atoms with Crippen LogP contribution < -0.4 is 0 Å². The highest BCUT2D eigenvalue weighted by molar-refractivity contribution is 5.91. The Kier molecular flexibility index (Phi) is 4.42. The molecule has 5 heteroatoms. The highest BCUT2D eigenvalue weighted by Crippen LogP contribution is 2.68. The molecule has 7 atom stereocenters. The van der Waals surface area contributed by atoms with Crippen LogP contribution in [0, 0.1) is 34.5 Å². The number of hydrogen-bond donors (Lipinski definition) is 2. The number of Topliss-reactive ketones (excluding diaryl/α,β-unsaturated/α-hetero) is 1. The molecule has 1 unspecified atom stereocenters. The van der Waals surface area contributed by atoms with Crippen molar-refractivity contribution in [3.05, 3.63) is 11.6 Å². The van der Waals surface area contributed by atoms with Gasteiger partial charge < -0.3 is 10.2 Å². The van der Waals surface area contributed by atoms with Gasteiger partial charge in [0.1, 0.15) is 5.78 Å². The number of carboxylic acids is 1. The monoisotopic (exact) mass is 388 g/mol. The van der Waals surface area contributed by atoms with Crippen molar-refractivity contribution in [3.8, 4) is 0 Å². The number of aliphatic hydroxyl groups is 1. The molecule has 154 valence electrons. The lowest BCUT2D eigenvalue weighted by Gasteiger charge is -2.57. The minimum atomic E-state index is -1.45. The van der Waals surface area contributed by atoms with E-state index in [1.165, 1.54) is 12.5 Å². The van der Waals surface area contributed by atoms with Crippen LogP contribution in [0.1, 0.15) is 72.1 Å². The third kappa shape index (κ3) is 2.65. The maximum absolute atomic E-state index is 12.6. The van der Waals surface area contributed by atoms with Gasteiger partial charge in [-0.15, -0.1) is 0 Å². The molecular formula is C23H32O5. The number of ketones is 2. The van der Waals surface area contributed by atoms with Gasteiger partial charge in [0.2, 0.25) is 0 Å². The molecule has 0 aromatic heterocycles. The zero-order valence-corrected chi connectivity index (χ0v) is 17.2. The molecule has 0 saturated heterocycles. The molecule has 3 fully saturated rings. The van der Waals surface area contributed by atoms with Crippen molar-refractivity contribution in [1.82, 2.24) is 0 Å². The van der Waals surface area contributed by atoms with E-state index >= 15 is 0 Å². The Bertz CT molecular complexity index is 769. The number of allylic oxidation sites excluding steroid dienone is 1. The summed E-state index contributed by atoms with van der Waals surface area (Å²) in [4.78, 5) is 36.0. The van der Waals surface area contributed by atoms with Crippen LogP contribution >= 0.6 is 0 Å². The van der Waals surface area contributed by atoms with E-state index < -0.39 is 17.5 Å². The Morgan fingerprint density at radius 1 is 1.14 bits per heavy atom. The summed E-state index contributed by atoms with van der Waals surface area (Å²) in [6.45, 7) is 5.91. The molecule has 4 aliphatic carbocycles. The van der Waals surface area contributed by atoms with E-state index in [1.807, 2.05) is 6.08 Å². The molecule has 4 rings (SSSR count). The first-order chi connectivity index (χ1) is 13.0. The summed E-state index contributed by atoms with van der Waals surface area (Å²) in [5.74, 6) is -0.533. The van der Waals surface area contributed by atoms with Crippen LogP contribution in [0.25, 0.3) is 0 Å². The van der Waals surface area contributed by atoms with Crippen LogP contribution in [0.3, 0.4) is 0 Å². The molecule has 5 nitrogen and oxygen atoms in total. The van der Waals surface area contributed by atoms with Gasteiger partial charge in [-0.3, -0.25) is 14.4 Å². The molecule has 0 heterocycles. The molecule has 0 aromatic carbocycles. The summed E-state index contributed by atoms with van der Waals surface area (Å²) in [6, 6.07) is 0. The van der Waals surface area contributed by atoms with Crippen molar-refractivity contribution < 1.29 is 24.6 Å². The van der Waals surface area contributed by atoms with Crippen LogP contribution in [0.15, 0.2) is 11.6 Å². The van der Waals surface area contributed by atoms with Gasteiger partial charge in [-0.1, -0.05) is 19.4 Å². The van der Waals surface area contributed by atoms with Crippen LogP contribution in [0.5, 0.6) is 0 Å². The maximum atomic E-state index is 12.6. The fraction of sp³-hybridized carbons (Fsp3) is 0.783. The summed E-state index contributed by atoms with van der Waals surface area (Å²) in [7, 11) is 0. The zero-order chi connectivity index (χ0) is 20.5. The number of fused-ring (bicyclic) bond motifs is 5. The normalized spacial score (nSPS) is 47.6. The molecule has 28 heavy (non-hydrogen) atoms. The Hall–Kier alpha value is -1.49. The van der Waals surface area contributed by atoms with Crippen molar-refractivity contribution in [2.75, 3.05) is 0 Å². The van der Waals surface area contributed by atoms with E-state index in [4.69, 9.17) is 0 Å². The number of rotatable bonds is 3. The quantitative estimate of drug-likeness (QED) is 0.771. The van der Waals surface area contributed by atoms with Gasteiger partial charge in [0.05, 0.1) is 17.9 Å². The molecule has 0 amide bonds.